The van der Waals surface area contributed by atoms with Gasteiger partial charge in [0.15, 0.2) is 11.5 Å². The Bertz CT molecular complexity index is 978. The quantitative estimate of drug-likeness (QED) is 0.811. The van der Waals surface area contributed by atoms with Gasteiger partial charge in [0.1, 0.15) is 5.82 Å². The molecule has 0 aliphatic carbocycles. The van der Waals surface area contributed by atoms with E-state index in [1.807, 2.05) is 23.1 Å². The molecule has 1 saturated heterocycles. The number of benzene rings is 1. The number of piperidine rings is 1. The number of rotatable bonds is 4. The molecule has 31 heavy (non-hydrogen) atoms. The molecule has 1 N–H and O–H groups in total. The van der Waals surface area contributed by atoms with Gasteiger partial charge in [-0.1, -0.05) is 6.07 Å². The largest absolute Gasteiger partial charge is 0.490 e. The number of hydrogen-bond acceptors (Lipinski definition) is 6. The number of likely N-dealkylation sites (tertiary alicyclic amines) is 1. The van der Waals surface area contributed by atoms with Gasteiger partial charge in [0.2, 0.25) is 5.91 Å². The minimum atomic E-state index is -0.240. The van der Waals surface area contributed by atoms with Crippen molar-refractivity contribution in [2.24, 2.45) is 0 Å². The lowest BCUT2D eigenvalue weighted by Crippen LogP contribution is -2.40. The molecule has 8 heteroatoms. The maximum atomic E-state index is 13.3. The standard InChI is InChI=1S/C23H28N4O4/c1-15-25-14-17(23(29)24-2)22(26-15)18-6-3-4-9-27(18)21(28)13-16-7-8-19-20(12-16)31-11-5-10-30-19/h7-8,12,14,18H,3-6,9-11,13H2,1-2H3,(H,24,29)/t18-/m0/s1. The molecule has 0 radical (unpaired) electrons. The van der Waals surface area contributed by atoms with Gasteiger partial charge in [0.05, 0.1) is 36.9 Å². The number of amides is 2. The molecule has 0 bridgehead atoms. The smallest absolute Gasteiger partial charge is 0.254 e. The lowest BCUT2D eigenvalue weighted by Gasteiger charge is -2.36. The first-order valence-electron chi connectivity index (χ1n) is 10.8. The van der Waals surface area contributed by atoms with Crippen molar-refractivity contribution in [1.82, 2.24) is 20.2 Å². The van der Waals surface area contributed by atoms with E-state index in [0.717, 1.165) is 37.0 Å². The second-order valence-electron chi connectivity index (χ2n) is 7.90. The number of aromatic nitrogens is 2. The molecule has 3 heterocycles. The Morgan fingerprint density at radius 1 is 1.16 bits per heavy atom. The highest BCUT2D eigenvalue weighted by Crippen LogP contribution is 2.34. The summed E-state index contributed by atoms with van der Waals surface area (Å²) in [6.45, 7) is 3.68. The minimum absolute atomic E-state index is 0.0123. The van der Waals surface area contributed by atoms with Crippen molar-refractivity contribution in [2.45, 2.75) is 45.1 Å². The van der Waals surface area contributed by atoms with Crippen LogP contribution >= 0.6 is 0 Å². The molecule has 1 atom stereocenters. The molecule has 1 aromatic carbocycles. The normalized spacial score (nSPS) is 18.3. The van der Waals surface area contributed by atoms with E-state index in [1.54, 1.807) is 20.2 Å². The van der Waals surface area contributed by atoms with Crippen molar-refractivity contribution < 1.29 is 19.1 Å². The number of aryl methyl sites for hydroxylation is 1. The highest BCUT2D eigenvalue weighted by Gasteiger charge is 2.32. The number of carbonyl (C=O) groups is 2. The maximum Gasteiger partial charge on any atom is 0.254 e. The fourth-order valence-corrected chi connectivity index (χ4v) is 4.16. The van der Waals surface area contributed by atoms with Crippen molar-refractivity contribution in [3.8, 4) is 11.5 Å². The Kier molecular flexibility index (Phi) is 6.34. The van der Waals surface area contributed by atoms with E-state index in [1.165, 1.54) is 0 Å². The van der Waals surface area contributed by atoms with Crippen LogP contribution in [0.1, 0.15) is 59.2 Å². The number of ether oxygens (including phenoxy) is 2. The molecule has 0 saturated carbocycles. The van der Waals surface area contributed by atoms with Crippen LogP contribution in [0.5, 0.6) is 11.5 Å². The van der Waals surface area contributed by atoms with Gasteiger partial charge in [-0.3, -0.25) is 9.59 Å². The Morgan fingerprint density at radius 3 is 2.77 bits per heavy atom. The summed E-state index contributed by atoms with van der Waals surface area (Å²) in [5.41, 5.74) is 1.93. The maximum absolute atomic E-state index is 13.3. The van der Waals surface area contributed by atoms with Crippen molar-refractivity contribution in [2.75, 3.05) is 26.8 Å². The summed E-state index contributed by atoms with van der Waals surface area (Å²) in [7, 11) is 1.58. The third-order valence-electron chi connectivity index (χ3n) is 5.72. The predicted octanol–water partition coefficient (Wildman–Crippen LogP) is 2.60. The molecular formula is C23H28N4O4. The van der Waals surface area contributed by atoms with Crippen molar-refractivity contribution in [1.29, 1.82) is 0 Å². The van der Waals surface area contributed by atoms with Crippen molar-refractivity contribution in [3.63, 3.8) is 0 Å². The van der Waals surface area contributed by atoms with Gasteiger partial charge in [-0.15, -0.1) is 0 Å². The van der Waals surface area contributed by atoms with Crippen LogP contribution in [-0.4, -0.2) is 53.5 Å². The average Bonchev–Trinajstić information content (AvgIpc) is 3.03. The monoisotopic (exact) mass is 424 g/mol. The molecule has 4 rings (SSSR count). The number of carbonyl (C=O) groups excluding carboxylic acids is 2. The van der Waals surface area contributed by atoms with Gasteiger partial charge in [0.25, 0.3) is 5.91 Å². The lowest BCUT2D eigenvalue weighted by molar-refractivity contribution is -0.134. The SMILES string of the molecule is CNC(=O)c1cnc(C)nc1[C@@H]1CCCCN1C(=O)Cc1ccc2c(c1)OCCCO2. The van der Waals surface area contributed by atoms with E-state index in [0.29, 0.717) is 42.6 Å². The summed E-state index contributed by atoms with van der Waals surface area (Å²) in [4.78, 5) is 36.4. The van der Waals surface area contributed by atoms with Crippen LogP contribution in [0, 0.1) is 6.92 Å². The van der Waals surface area contributed by atoms with Crippen LogP contribution in [0.15, 0.2) is 24.4 Å². The summed E-state index contributed by atoms with van der Waals surface area (Å²) < 4.78 is 11.4. The average molecular weight is 425 g/mol. The number of hydrogen-bond donors (Lipinski definition) is 1. The van der Waals surface area contributed by atoms with Crippen LogP contribution in [-0.2, 0) is 11.2 Å². The summed E-state index contributed by atoms with van der Waals surface area (Å²) in [5.74, 6) is 1.76. The van der Waals surface area contributed by atoms with E-state index in [-0.39, 0.29) is 24.3 Å². The first kappa shape index (κ1) is 21.1. The number of nitrogens with zero attached hydrogens (tertiary/aromatic N) is 3. The molecule has 8 nitrogen and oxygen atoms in total. The molecule has 164 valence electrons. The Labute approximate surface area is 182 Å². The van der Waals surface area contributed by atoms with Gasteiger partial charge in [-0.2, -0.15) is 0 Å². The van der Waals surface area contributed by atoms with E-state index in [4.69, 9.17) is 9.47 Å². The Morgan fingerprint density at radius 2 is 1.97 bits per heavy atom. The van der Waals surface area contributed by atoms with E-state index < -0.39 is 0 Å². The fraction of sp³-hybridized carbons (Fsp3) is 0.478. The van der Waals surface area contributed by atoms with Gasteiger partial charge < -0.3 is 19.7 Å². The fourth-order valence-electron chi connectivity index (χ4n) is 4.16. The van der Waals surface area contributed by atoms with Crippen molar-refractivity contribution >= 4 is 11.8 Å². The molecule has 0 unspecified atom stereocenters. The zero-order chi connectivity index (χ0) is 21.8. The predicted molar refractivity (Wildman–Crippen MR) is 114 cm³/mol. The summed E-state index contributed by atoms with van der Waals surface area (Å²) in [6, 6.07) is 5.43. The summed E-state index contributed by atoms with van der Waals surface area (Å²) >= 11 is 0. The lowest BCUT2D eigenvalue weighted by atomic mass is 9.95. The molecular weight excluding hydrogens is 396 g/mol. The second-order valence-corrected chi connectivity index (χ2v) is 7.90. The van der Waals surface area contributed by atoms with Crippen LogP contribution in [0.25, 0.3) is 0 Å². The van der Waals surface area contributed by atoms with Crippen LogP contribution < -0.4 is 14.8 Å². The van der Waals surface area contributed by atoms with Crippen LogP contribution in [0.3, 0.4) is 0 Å². The molecule has 0 spiro atoms. The van der Waals surface area contributed by atoms with Gasteiger partial charge in [-0.05, 0) is 43.9 Å². The molecule has 1 fully saturated rings. The second kappa shape index (κ2) is 9.32. The zero-order valence-electron chi connectivity index (χ0n) is 18.0. The third-order valence-corrected chi connectivity index (χ3v) is 5.72. The van der Waals surface area contributed by atoms with Gasteiger partial charge in [-0.25, -0.2) is 9.97 Å². The van der Waals surface area contributed by atoms with Gasteiger partial charge in [0, 0.05) is 26.2 Å². The van der Waals surface area contributed by atoms with E-state index >= 15 is 0 Å². The first-order valence-corrected chi connectivity index (χ1v) is 10.8. The number of nitrogens with one attached hydrogen (secondary N) is 1. The summed E-state index contributed by atoms with van der Waals surface area (Å²) in [5, 5.41) is 2.65. The molecule has 2 aromatic rings. The zero-order valence-corrected chi connectivity index (χ0v) is 18.0. The minimum Gasteiger partial charge on any atom is -0.490 e. The van der Waals surface area contributed by atoms with Crippen LogP contribution in [0.4, 0.5) is 0 Å². The molecule has 2 aliphatic heterocycles. The highest BCUT2D eigenvalue weighted by molar-refractivity contribution is 5.95. The molecule has 2 aliphatic rings. The van der Waals surface area contributed by atoms with Crippen LogP contribution in [0.2, 0.25) is 0 Å². The van der Waals surface area contributed by atoms with Crippen molar-refractivity contribution in [3.05, 3.63) is 47.0 Å². The Hall–Kier alpha value is -3.16. The first-order chi connectivity index (χ1) is 15.1. The number of fused-ring (bicyclic) bond motifs is 1. The molecule has 2 amide bonds. The summed E-state index contributed by atoms with van der Waals surface area (Å²) in [6.07, 6.45) is 5.33. The highest BCUT2D eigenvalue weighted by atomic mass is 16.5. The molecule has 1 aromatic heterocycles. The third kappa shape index (κ3) is 4.62. The van der Waals surface area contributed by atoms with E-state index in [9.17, 15) is 9.59 Å². The topological polar surface area (TPSA) is 93.7 Å². The van der Waals surface area contributed by atoms with Gasteiger partial charge >= 0.3 is 0 Å². The van der Waals surface area contributed by atoms with E-state index in [2.05, 4.69) is 15.3 Å². The Balaban J connectivity index is 1.58.